The maximum absolute atomic E-state index is 12.9. The molecule has 1 aliphatic heterocycles. The Kier molecular flexibility index (Phi) is 3.98. The molecule has 2 nitrogen and oxygen atoms in total. The smallest absolute Gasteiger partial charge is 0.139 e. The Hall–Kier alpha value is -0.370. The van der Waals surface area contributed by atoms with E-state index in [1.54, 1.807) is 0 Å². The van der Waals surface area contributed by atoms with E-state index in [4.69, 9.17) is 0 Å². The molecule has 2 aliphatic carbocycles. The molecule has 2 bridgehead atoms. The first-order valence-corrected chi connectivity index (χ1v) is 8.47. The second-order valence-electron chi connectivity index (χ2n) is 7.34. The zero-order chi connectivity index (χ0) is 13.3. The SMILES string of the molecule is CCCC1(C(=O)CC2CC3CCC2C3)CCNCC1. The lowest BCUT2D eigenvalue weighted by molar-refractivity contribution is -0.132. The summed E-state index contributed by atoms with van der Waals surface area (Å²) in [7, 11) is 0. The number of Topliss-reactive ketones (excluding diaryl/α,β-unsaturated/α-hetero) is 1. The van der Waals surface area contributed by atoms with Gasteiger partial charge >= 0.3 is 0 Å². The maximum Gasteiger partial charge on any atom is 0.139 e. The Balaban J connectivity index is 1.63. The Morgan fingerprint density at radius 2 is 2.00 bits per heavy atom. The van der Waals surface area contributed by atoms with Gasteiger partial charge in [-0.1, -0.05) is 19.8 Å². The van der Waals surface area contributed by atoms with Gasteiger partial charge in [0.15, 0.2) is 0 Å². The summed E-state index contributed by atoms with van der Waals surface area (Å²) >= 11 is 0. The first-order chi connectivity index (χ1) is 9.23. The summed E-state index contributed by atoms with van der Waals surface area (Å²) in [4.78, 5) is 12.9. The molecule has 0 aromatic rings. The first kappa shape index (κ1) is 13.6. The zero-order valence-corrected chi connectivity index (χ0v) is 12.4. The van der Waals surface area contributed by atoms with Gasteiger partial charge in [0, 0.05) is 11.8 Å². The summed E-state index contributed by atoms with van der Waals surface area (Å²) in [6.07, 6.45) is 11.0. The van der Waals surface area contributed by atoms with Crippen LogP contribution in [0.3, 0.4) is 0 Å². The molecular formula is C17H29NO. The summed E-state index contributed by atoms with van der Waals surface area (Å²) in [6.45, 7) is 4.32. The van der Waals surface area contributed by atoms with Gasteiger partial charge in [-0.05, 0) is 69.4 Å². The average molecular weight is 263 g/mol. The molecule has 1 saturated heterocycles. The van der Waals surface area contributed by atoms with Crippen molar-refractivity contribution >= 4 is 5.78 Å². The van der Waals surface area contributed by atoms with E-state index < -0.39 is 0 Å². The summed E-state index contributed by atoms with van der Waals surface area (Å²) in [5, 5.41) is 3.42. The van der Waals surface area contributed by atoms with E-state index in [0.717, 1.165) is 62.9 Å². The lowest BCUT2D eigenvalue weighted by atomic mass is 9.69. The standard InChI is InChI=1S/C17H29NO/c1-2-5-17(6-8-18-9-7-17)16(19)12-15-11-13-3-4-14(15)10-13/h13-15,18H,2-12H2,1H3. The van der Waals surface area contributed by atoms with Crippen molar-refractivity contribution < 1.29 is 4.79 Å². The average Bonchev–Trinajstić information content (AvgIpc) is 3.02. The fraction of sp³-hybridized carbons (Fsp3) is 0.941. The number of piperidine rings is 1. The molecule has 3 rings (SSSR count). The van der Waals surface area contributed by atoms with Gasteiger partial charge in [0.2, 0.25) is 0 Å². The molecule has 0 amide bonds. The van der Waals surface area contributed by atoms with Crippen molar-refractivity contribution in [2.75, 3.05) is 13.1 Å². The van der Waals surface area contributed by atoms with Crippen LogP contribution in [0.25, 0.3) is 0 Å². The summed E-state index contributed by atoms with van der Waals surface area (Å²) in [6, 6.07) is 0. The normalized spacial score (nSPS) is 36.6. The second-order valence-corrected chi connectivity index (χ2v) is 7.34. The predicted octanol–water partition coefficient (Wildman–Crippen LogP) is 3.55. The minimum Gasteiger partial charge on any atom is -0.317 e. The van der Waals surface area contributed by atoms with Crippen molar-refractivity contribution in [1.82, 2.24) is 5.32 Å². The van der Waals surface area contributed by atoms with Crippen molar-refractivity contribution in [3.8, 4) is 0 Å². The topological polar surface area (TPSA) is 29.1 Å². The highest BCUT2D eigenvalue weighted by Crippen LogP contribution is 2.51. The van der Waals surface area contributed by atoms with Gasteiger partial charge in [0.1, 0.15) is 5.78 Å². The van der Waals surface area contributed by atoms with Crippen LogP contribution < -0.4 is 5.32 Å². The summed E-state index contributed by atoms with van der Waals surface area (Å²) in [5.74, 6) is 3.23. The molecule has 3 aliphatic rings. The highest BCUT2D eigenvalue weighted by atomic mass is 16.1. The van der Waals surface area contributed by atoms with Gasteiger partial charge in [0.25, 0.3) is 0 Å². The van der Waals surface area contributed by atoms with Crippen LogP contribution in [0.2, 0.25) is 0 Å². The molecule has 1 heterocycles. The van der Waals surface area contributed by atoms with E-state index in [2.05, 4.69) is 12.2 Å². The molecule has 2 saturated carbocycles. The predicted molar refractivity (Wildman–Crippen MR) is 78.0 cm³/mol. The van der Waals surface area contributed by atoms with Crippen molar-refractivity contribution in [2.45, 2.75) is 64.7 Å². The van der Waals surface area contributed by atoms with Crippen LogP contribution in [-0.2, 0) is 4.79 Å². The van der Waals surface area contributed by atoms with Crippen LogP contribution in [0, 0.1) is 23.2 Å². The van der Waals surface area contributed by atoms with E-state index >= 15 is 0 Å². The lowest BCUT2D eigenvalue weighted by Gasteiger charge is -2.37. The Labute approximate surface area is 117 Å². The van der Waals surface area contributed by atoms with E-state index in [-0.39, 0.29) is 5.41 Å². The zero-order valence-electron chi connectivity index (χ0n) is 12.4. The number of carbonyl (C=O) groups is 1. The summed E-state index contributed by atoms with van der Waals surface area (Å²) in [5.41, 5.74) is 0.0435. The minimum absolute atomic E-state index is 0.0435. The minimum atomic E-state index is 0.0435. The van der Waals surface area contributed by atoms with Gasteiger partial charge in [0.05, 0.1) is 0 Å². The highest BCUT2D eigenvalue weighted by Gasteiger charge is 2.44. The number of hydrogen-bond donors (Lipinski definition) is 1. The molecule has 3 unspecified atom stereocenters. The van der Waals surface area contributed by atoms with Crippen molar-refractivity contribution in [3.05, 3.63) is 0 Å². The quantitative estimate of drug-likeness (QED) is 0.822. The molecular weight excluding hydrogens is 234 g/mol. The fourth-order valence-electron chi connectivity index (χ4n) is 5.13. The molecule has 0 radical (unpaired) electrons. The number of nitrogens with one attached hydrogen (secondary N) is 1. The van der Waals surface area contributed by atoms with Crippen LogP contribution in [0.15, 0.2) is 0 Å². The van der Waals surface area contributed by atoms with Gasteiger partial charge < -0.3 is 5.32 Å². The van der Waals surface area contributed by atoms with Gasteiger partial charge in [-0.3, -0.25) is 4.79 Å². The molecule has 0 spiro atoms. The molecule has 0 aromatic carbocycles. The van der Waals surface area contributed by atoms with Gasteiger partial charge in [-0.25, -0.2) is 0 Å². The number of hydrogen-bond acceptors (Lipinski definition) is 2. The largest absolute Gasteiger partial charge is 0.317 e. The number of ketones is 1. The monoisotopic (exact) mass is 263 g/mol. The first-order valence-electron chi connectivity index (χ1n) is 8.47. The molecule has 1 N–H and O–H groups in total. The molecule has 108 valence electrons. The van der Waals surface area contributed by atoms with Crippen LogP contribution in [0.5, 0.6) is 0 Å². The lowest BCUT2D eigenvalue weighted by Crippen LogP contribution is -2.43. The van der Waals surface area contributed by atoms with Crippen molar-refractivity contribution in [3.63, 3.8) is 0 Å². The van der Waals surface area contributed by atoms with Crippen molar-refractivity contribution in [1.29, 1.82) is 0 Å². The third-order valence-electron chi connectivity index (χ3n) is 6.21. The number of rotatable bonds is 5. The third-order valence-corrected chi connectivity index (χ3v) is 6.21. The van der Waals surface area contributed by atoms with E-state index in [1.165, 1.54) is 25.7 Å². The highest BCUT2D eigenvalue weighted by molar-refractivity contribution is 5.85. The van der Waals surface area contributed by atoms with Crippen LogP contribution in [0.1, 0.15) is 64.7 Å². The molecule has 3 atom stereocenters. The molecule has 0 aromatic heterocycles. The van der Waals surface area contributed by atoms with Crippen molar-refractivity contribution in [2.24, 2.45) is 23.2 Å². The molecule has 3 fully saturated rings. The van der Waals surface area contributed by atoms with Crippen LogP contribution in [-0.4, -0.2) is 18.9 Å². The molecule has 2 heteroatoms. The molecule has 19 heavy (non-hydrogen) atoms. The van der Waals surface area contributed by atoms with Gasteiger partial charge in [-0.15, -0.1) is 0 Å². The van der Waals surface area contributed by atoms with Crippen LogP contribution >= 0.6 is 0 Å². The third kappa shape index (κ3) is 2.61. The van der Waals surface area contributed by atoms with E-state index in [1.807, 2.05) is 0 Å². The summed E-state index contributed by atoms with van der Waals surface area (Å²) < 4.78 is 0. The Morgan fingerprint density at radius 1 is 1.21 bits per heavy atom. The van der Waals surface area contributed by atoms with E-state index in [0.29, 0.717) is 5.78 Å². The maximum atomic E-state index is 12.9. The van der Waals surface area contributed by atoms with Gasteiger partial charge in [-0.2, -0.15) is 0 Å². The number of carbonyl (C=O) groups excluding carboxylic acids is 1. The Bertz CT molecular complexity index is 327. The fourth-order valence-corrected chi connectivity index (χ4v) is 5.13. The van der Waals surface area contributed by atoms with E-state index in [9.17, 15) is 4.79 Å². The second kappa shape index (κ2) is 5.55. The Morgan fingerprint density at radius 3 is 2.58 bits per heavy atom. The van der Waals surface area contributed by atoms with Crippen LogP contribution in [0.4, 0.5) is 0 Å². The number of fused-ring (bicyclic) bond motifs is 2.